The number of hydrogen-bond acceptors (Lipinski definition) is 1. The highest BCUT2D eigenvalue weighted by Crippen LogP contribution is 2.19. The van der Waals surface area contributed by atoms with E-state index in [0.717, 1.165) is 13.1 Å². The number of nitrogens with zero attached hydrogens (tertiary/aromatic N) is 2. The summed E-state index contributed by atoms with van der Waals surface area (Å²) >= 11 is 0. The molecule has 1 aromatic carbocycles. The van der Waals surface area contributed by atoms with Gasteiger partial charge in [0.2, 0.25) is 0 Å². The van der Waals surface area contributed by atoms with Gasteiger partial charge in [-0.1, -0.05) is 25.1 Å². The van der Waals surface area contributed by atoms with Crippen LogP contribution in [-0.4, -0.2) is 29.6 Å². The summed E-state index contributed by atoms with van der Waals surface area (Å²) in [7, 11) is 2.18. The van der Waals surface area contributed by atoms with Crippen molar-refractivity contribution in [3.05, 3.63) is 36.0 Å². The number of aromatic nitrogens is 1. The number of fused-ring (bicyclic) bond motifs is 1. The fraction of sp³-hybridized carbons (Fsp3) is 0.467. The van der Waals surface area contributed by atoms with Crippen LogP contribution in [0, 0.1) is 6.92 Å². The molecule has 1 aromatic heterocycles. The molecular weight excluding hydrogens is 208 g/mol. The molecule has 0 atom stereocenters. The summed E-state index contributed by atoms with van der Waals surface area (Å²) in [4.78, 5) is 2.36. The highest BCUT2D eigenvalue weighted by Gasteiger charge is 2.04. The van der Waals surface area contributed by atoms with Crippen molar-refractivity contribution in [2.45, 2.75) is 26.8 Å². The lowest BCUT2D eigenvalue weighted by atomic mass is 10.2. The second-order valence-electron chi connectivity index (χ2n) is 4.75. The van der Waals surface area contributed by atoms with Crippen LogP contribution in [-0.2, 0) is 6.54 Å². The summed E-state index contributed by atoms with van der Waals surface area (Å²) in [6.45, 7) is 7.82. The van der Waals surface area contributed by atoms with E-state index < -0.39 is 0 Å². The number of aryl methyl sites for hydroxylation is 2. The van der Waals surface area contributed by atoms with E-state index in [1.165, 1.54) is 29.6 Å². The molecule has 0 radical (unpaired) electrons. The first kappa shape index (κ1) is 12.2. The normalized spacial score (nSPS) is 11.5. The molecule has 0 aliphatic heterocycles. The van der Waals surface area contributed by atoms with Crippen LogP contribution in [0.1, 0.15) is 19.0 Å². The third kappa shape index (κ3) is 2.70. The summed E-state index contributed by atoms with van der Waals surface area (Å²) in [5.41, 5.74) is 2.73. The van der Waals surface area contributed by atoms with E-state index in [0.29, 0.717) is 0 Å². The molecule has 0 aliphatic carbocycles. The Hall–Kier alpha value is -1.28. The molecule has 0 spiro atoms. The number of benzene rings is 1. The van der Waals surface area contributed by atoms with Crippen molar-refractivity contribution in [1.29, 1.82) is 0 Å². The second kappa shape index (κ2) is 5.37. The fourth-order valence-corrected chi connectivity index (χ4v) is 2.30. The number of hydrogen-bond donors (Lipinski definition) is 0. The molecule has 0 saturated heterocycles. The Morgan fingerprint density at radius 3 is 2.76 bits per heavy atom. The molecule has 0 aliphatic rings. The molecule has 0 N–H and O–H groups in total. The highest BCUT2D eigenvalue weighted by molar-refractivity contribution is 5.81. The van der Waals surface area contributed by atoms with Gasteiger partial charge in [0.1, 0.15) is 0 Å². The van der Waals surface area contributed by atoms with Gasteiger partial charge >= 0.3 is 0 Å². The summed E-state index contributed by atoms with van der Waals surface area (Å²) < 4.78 is 2.43. The first-order valence-electron chi connectivity index (χ1n) is 6.45. The van der Waals surface area contributed by atoms with Crippen LogP contribution in [0.15, 0.2) is 30.3 Å². The largest absolute Gasteiger partial charge is 0.345 e. The molecule has 2 heteroatoms. The Morgan fingerprint density at radius 2 is 2.00 bits per heavy atom. The minimum Gasteiger partial charge on any atom is -0.345 e. The van der Waals surface area contributed by atoms with E-state index in [9.17, 15) is 0 Å². The molecule has 0 bridgehead atoms. The topological polar surface area (TPSA) is 8.17 Å². The maximum Gasteiger partial charge on any atom is 0.0482 e. The van der Waals surface area contributed by atoms with E-state index in [1.807, 2.05) is 0 Å². The molecule has 2 aromatic rings. The number of rotatable bonds is 5. The third-order valence-corrected chi connectivity index (χ3v) is 3.48. The molecule has 0 fully saturated rings. The zero-order valence-corrected chi connectivity index (χ0v) is 11.1. The predicted molar refractivity (Wildman–Crippen MR) is 74.5 cm³/mol. The van der Waals surface area contributed by atoms with Crippen molar-refractivity contribution in [3.63, 3.8) is 0 Å². The summed E-state index contributed by atoms with van der Waals surface area (Å²) in [5, 5.41) is 1.36. The van der Waals surface area contributed by atoms with E-state index >= 15 is 0 Å². The lowest BCUT2D eigenvalue weighted by molar-refractivity contribution is 0.338. The van der Waals surface area contributed by atoms with Gasteiger partial charge in [-0.15, -0.1) is 0 Å². The van der Waals surface area contributed by atoms with Crippen molar-refractivity contribution in [3.8, 4) is 0 Å². The summed E-state index contributed by atoms with van der Waals surface area (Å²) in [6, 6.07) is 10.9. The standard InChI is InChI=1S/C15H22N2/c1-4-16(3)10-7-11-17-13(2)12-14-8-5-6-9-15(14)17/h5-6,8-9,12H,4,7,10-11H2,1-3H3. The minimum absolute atomic E-state index is 1.11. The van der Waals surface area contributed by atoms with E-state index in [1.54, 1.807) is 0 Å². The molecule has 2 nitrogen and oxygen atoms in total. The van der Waals surface area contributed by atoms with Crippen LogP contribution in [0.4, 0.5) is 0 Å². The Balaban J connectivity index is 2.10. The molecule has 1 heterocycles. The van der Waals surface area contributed by atoms with Crippen molar-refractivity contribution in [2.24, 2.45) is 0 Å². The van der Waals surface area contributed by atoms with Crippen LogP contribution in [0.25, 0.3) is 10.9 Å². The SMILES string of the molecule is CCN(C)CCCn1c(C)cc2ccccc21. The van der Waals surface area contributed by atoms with Crippen molar-refractivity contribution in [2.75, 3.05) is 20.1 Å². The van der Waals surface area contributed by atoms with Crippen LogP contribution in [0.2, 0.25) is 0 Å². The van der Waals surface area contributed by atoms with Crippen molar-refractivity contribution < 1.29 is 0 Å². The average Bonchev–Trinajstić information content (AvgIpc) is 2.66. The first-order chi connectivity index (χ1) is 8.22. The maximum atomic E-state index is 2.43. The second-order valence-corrected chi connectivity index (χ2v) is 4.75. The Labute approximate surface area is 104 Å². The van der Waals surface area contributed by atoms with Gasteiger partial charge in [0.05, 0.1) is 0 Å². The maximum absolute atomic E-state index is 2.43. The smallest absolute Gasteiger partial charge is 0.0482 e. The predicted octanol–water partition coefficient (Wildman–Crippen LogP) is 3.29. The van der Waals surface area contributed by atoms with E-state index in [2.05, 4.69) is 60.7 Å². The van der Waals surface area contributed by atoms with Gasteiger partial charge in [-0.05, 0) is 51.0 Å². The van der Waals surface area contributed by atoms with Gasteiger partial charge in [-0.3, -0.25) is 0 Å². The third-order valence-electron chi connectivity index (χ3n) is 3.48. The van der Waals surface area contributed by atoms with Gasteiger partial charge in [0.15, 0.2) is 0 Å². The van der Waals surface area contributed by atoms with Crippen LogP contribution in [0.3, 0.4) is 0 Å². The van der Waals surface area contributed by atoms with Gasteiger partial charge in [-0.2, -0.15) is 0 Å². The van der Waals surface area contributed by atoms with E-state index in [4.69, 9.17) is 0 Å². The lowest BCUT2D eigenvalue weighted by Crippen LogP contribution is -2.20. The van der Waals surface area contributed by atoms with Crippen LogP contribution < -0.4 is 0 Å². The Bertz CT molecular complexity index is 485. The molecule has 0 unspecified atom stereocenters. The summed E-state index contributed by atoms with van der Waals surface area (Å²) in [6.07, 6.45) is 1.21. The molecular formula is C15H22N2. The molecule has 2 rings (SSSR count). The quantitative estimate of drug-likeness (QED) is 0.765. The molecule has 92 valence electrons. The van der Waals surface area contributed by atoms with Gasteiger partial charge < -0.3 is 9.47 Å². The van der Waals surface area contributed by atoms with Crippen LogP contribution in [0.5, 0.6) is 0 Å². The van der Waals surface area contributed by atoms with Crippen LogP contribution >= 0.6 is 0 Å². The molecule has 0 amide bonds. The monoisotopic (exact) mass is 230 g/mol. The Kier molecular flexibility index (Phi) is 3.85. The van der Waals surface area contributed by atoms with Gasteiger partial charge in [0, 0.05) is 17.8 Å². The summed E-state index contributed by atoms with van der Waals surface area (Å²) in [5.74, 6) is 0. The van der Waals surface area contributed by atoms with Crippen molar-refractivity contribution in [1.82, 2.24) is 9.47 Å². The Morgan fingerprint density at radius 1 is 1.24 bits per heavy atom. The fourth-order valence-electron chi connectivity index (χ4n) is 2.30. The van der Waals surface area contributed by atoms with E-state index in [-0.39, 0.29) is 0 Å². The van der Waals surface area contributed by atoms with Gasteiger partial charge in [0.25, 0.3) is 0 Å². The zero-order chi connectivity index (χ0) is 12.3. The first-order valence-corrected chi connectivity index (χ1v) is 6.45. The van der Waals surface area contributed by atoms with Gasteiger partial charge in [-0.25, -0.2) is 0 Å². The number of para-hydroxylation sites is 1. The molecule has 17 heavy (non-hydrogen) atoms. The molecule has 0 saturated carbocycles. The highest BCUT2D eigenvalue weighted by atomic mass is 15.1. The lowest BCUT2D eigenvalue weighted by Gasteiger charge is -2.14. The minimum atomic E-state index is 1.11. The zero-order valence-electron chi connectivity index (χ0n) is 11.1. The average molecular weight is 230 g/mol. The van der Waals surface area contributed by atoms with Crippen molar-refractivity contribution >= 4 is 10.9 Å².